The van der Waals surface area contributed by atoms with Gasteiger partial charge in [0.2, 0.25) is 0 Å². The highest BCUT2D eigenvalue weighted by molar-refractivity contribution is 5.71. The van der Waals surface area contributed by atoms with E-state index < -0.39 is 5.97 Å². The lowest BCUT2D eigenvalue weighted by Crippen LogP contribution is -2.45. The molecule has 1 fully saturated rings. The number of carbonyl (C=O) groups is 2. The number of hydrogen-bond donors (Lipinski definition) is 1. The molecule has 2 unspecified atom stereocenters. The minimum atomic E-state index is -0.863. The summed E-state index contributed by atoms with van der Waals surface area (Å²) in [7, 11) is 0. The number of rotatable bonds is 4. The number of amides is 1. The summed E-state index contributed by atoms with van der Waals surface area (Å²) in [6, 6.07) is -0.210. The van der Waals surface area contributed by atoms with Gasteiger partial charge < -0.3 is 14.7 Å². The minimum Gasteiger partial charge on any atom is -0.481 e. The second-order valence-corrected chi connectivity index (χ2v) is 4.54. The van der Waals surface area contributed by atoms with Crippen LogP contribution in [0, 0.1) is 0 Å². The van der Waals surface area contributed by atoms with E-state index in [1.54, 1.807) is 4.90 Å². The summed E-state index contributed by atoms with van der Waals surface area (Å²) in [4.78, 5) is 24.2. The average Bonchev–Trinajstić information content (AvgIpc) is 2.28. The van der Waals surface area contributed by atoms with Gasteiger partial charge in [-0.2, -0.15) is 0 Å². The molecule has 2 atom stereocenters. The Morgan fingerprint density at radius 1 is 1.47 bits per heavy atom. The number of likely N-dealkylation sites (tertiary alicyclic amines) is 1. The van der Waals surface area contributed by atoms with Crippen molar-refractivity contribution < 1.29 is 19.4 Å². The van der Waals surface area contributed by atoms with Gasteiger partial charge in [-0.25, -0.2) is 4.79 Å². The highest BCUT2D eigenvalue weighted by Gasteiger charge is 2.30. The van der Waals surface area contributed by atoms with Crippen molar-refractivity contribution in [3.05, 3.63) is 0 Å². The highest BCUT2D eigenvalue weighted by atomic mass is 16.6. The first-order valence-electron chi connectivity index (χ1n) is 6.23. The predicted molar refractivity (Wildman–Crippen MR) is 62.8 cm³/mol. The number of hydrogen-bond acceptors (Lipinski definition) is 3. The SMILES string of the molecule is CCC(C)OC(=O)N1CCCCC1CC(=O)O. The first-order valence-corrected chi connectivity index (χ1v) is 6.23. The molecule has 98 valence electrons. The summed E-state index contributed by atoms with van der Waals surface area (Å²) in [6.45, 7) is 4.39. The fraction of sp³-hybridized carbons (Fsp3) is 0.833. The van der Waals surface area contributed by atoms with Crippen LogP contribution in [0.5, 0.6) is 0 Å². The van der Waals surface area contributed by atoms with Gasteiger partial charge in [0.05, 0.1) is 6.42 Å². The Morgan fingerprint density at radius 3 is 2.76 bits per heavy atom. The molecule has 5 nitrogen and oxygen atoms in total. The molecule has 1 amide bonds. The summed E-state index contributed by atoms with van der Waals surface area (Å²) in [5.41, 5.74) is 0. The van der Waals surface area contributed by atoms with Crippen LogP contribution in [-0.2, 0) is 9.53 Å². The number of carboxylic acid groups (broad SMARTS) is 1. The third kappa shape index (κ3) is 4.24. The zero-order valence-electron chi connectivity index (χ0n) is 10.5. The predicted octanol–water partition coefficient (Wildman–Crippen LogP) is 2.25. The van der Waals surface area contributed by atoms with E-state index in [1.807, 2.05) is 13.8 Å². The number of piperidine rings is 1. The zero-order valence-corrected chi connectivity index (χ0v) is 10.5. The van der Waals surface area contributed by atoms with Crippen molar-refractivity contribution in [2.24, 2.45) is 0 Å². The first-order chi connectivity index (χ1) is 8.04. The normalized spacial score (nSPS) is 22.0. The molecular formula is C12H21NO4. The van der Waals surface area contributed by atoms with Crippen LogP contribution in [0.3, 0.4) is 0 Å². The lowest BCUT2D eigenvalue weighted by Gasteiger charge is -2.34. The molecule has 1 heterocycles. The van der Waals surface area contributed by atoms with E-state index in [0.717, 1.165) is 25.7 Å². The molecule has 0 radical (unpaired) electrons. The van der Waals surface area contributed by atoms with E-state index in [-0.39, 0.29) is 24.7 Å². The van der Waals surface area contributed by atoms with E-state index in [0.29, 0.717) is 6.54 Å². The minimum absolute atomic E-state index is 0.00953. The highest BCUT2D eigenvalue weighted by Crippen LogP contribution is 2.21. The van der Waals surface area contributed by atoms with Crippen molar-refractivity contribution in [1.29, 1.82) is 0 Å². The molecule has 17 heavy (non-hydrogen) atoms. The second-order valence-electron chi connectivity index (χ2n) is 4.54. The Labute approximate surface area is 102 Å². The molecule has 0 bridgehead atoms. The molecule has 1 saturated heterocycles. The first kappa shape index (κ1) is 13.8. The van der Waals surface area contributed by atoms with Crippen LogP contribution in [0.4, 0.5) is 4.79 Å². The summed E-state index contributed by atoms with van der Waals surface area (Å²) in [6.07, 6.45) is 2.94. The Morgan fingerprint density at radius 2 is 2.18 bits per heavy atom. The number of aliphatic carboxylic acids is 1. The molecule has 0 aromatic rings. The zero-order chi connectivity index (χ0) is 12.8. The Hall–Kier alpha value is -1.26. The molecule has 1 rings (SSSR count). The molecule has 0 aromatic heterocycles. The molecule has 0 aliphatic carbocycles. The van der Waals surface area contributed by atoms with Crippen molar-refractivity contribution >= 4 is 12.1 Å². The summed E-state index contributed by atoms with van der Waals surface area (Å²) < 4.78 is 5.24. The molecule has 0 aromatic carbocycles. The van der Waals surface area contributed by atoms with Crippen molar-refractivity contribution in [1.82, 2.24) is 4.90 Å². The van der Waals surface area contributed by atoms with Crippen molar-refractivity contribution in [3.8, 4) is 0 Å². The van der Waals surface area contributed by atoms with Gasteiger partial charge in [-0.3, -0.25) is 4.79 Å². The fourth-order valence-corrected chi connectivity index (χ4v) is 1.98. The van der Waals surface area contributed by atoms with Crippen molar-refractivity contribution in [2.45, 2.75) is 58.1 Å². The van der Waals surface area contributed by atoms with Crippen molar-refractivity contribution in [3.63, 3.8) is 0 Å². The lowest BCUT2D eigenvalue weighted by atomic mass is 10.00. The van der Waals surface area contributed by atoms with Crippen LogP contribution < -0.4 is 0 Å². The molecule has 0 spiro atoms. The standard InChI is InChI=1S/C12H21NO4/c1-3-9(2)17-12(16)13-7-5-4-6-10(13)8-11(14)15/h9-10H,3-8H2,1-2H3,(H,14,15). The van der Waals surface area contributed by atoms with Crippen LogP contribution in [0.1, 0.15) is 46.0 Å². The van der Waals surface area contributed by atoms with Gasteiger partial charge >= 0.3 is 12.1 Å². The van der Waals surface area contributed by atoms with Crippen LogP contribution in [-0.4, -0.2) is 40.8 Å². The number of carboxylic acids is 1. The number of ether oxygens (including phenoxy) is 1. The number of carbonyl (C=O) groups excluding carboxylic acids is 1. The van der Waals surface area contributed by atoms with Gasteiger partial charge in [0.15, 0.2) is 0 Å². The van der Waals surface area contributed by atoms with Gasteiger partial charge in [-0.15, -0.1) is 0 Å². The van der Waals surface area contributed by atoms with E-state index >= 15 is 0 Å². The largest absolute Gasteiger partial charge is 0.481 e. The van der Waals surface area contributed by atoms with Gasteiger partial charge in [0, 0.05) is 12.6 Å². The van der Waals surface area contributed by atoms with Crippen LogP contribution in [0.25, 0.3) is 0 Å². The maximum Gasteiger partial charge on any atom is 0.410 e. The van der Waals surface area contributed by atoms with E-state index in [1.165, 1.54) is 0 Å². The molecule has 1 N–H and O–H groups in total. The van der Waals surface area contributed by atoms with Crippen LogP contribution >= 0.6 is 0 Å². The summed E-state index contributed by atoms with van der Waals surface area (Å²) in [5.74, 6) is -0.863. The maximum absolute atomic E-state index is 11.9. The second kappa shape index (κ2) is 6.47. The van der Waals surface area contributed by atoms with Crippen LogP contribution in [0.2, 0.25) is 0 Å². The van der Waals surface area contributed by atoms with Gasteiger partial charge in [-0.05, 0) is 32.6 Å². The smallest absolute Gasteiger partial charge is 0.410 e. The Kier molecular flexibility index (Phi) is 5.25. The van der Waals surface area contributed by atoms with E-state index in [9.17, 15) is 9.59 Å². The van der Waals surface area contributed by atoms with Crippen molar-refractivity contribution in [2.75, 3.05) is 6.54 Å². The molecule has 5 heteroatoms. The third-order valence-electron chi connectivity index (χ3n) is 3.15. The van der Waals surface area contributed by atoms with E-state index in [2.05, 4.69) is 0 Å². The summed E-state index contributed by atoms with van der Waals surface area (Å²) in [5, 5.41) is 8.81. The van der Waals surface area contributed by atoms with Gasteiger partial charge in [-0.1, -0.05) is 6.92 Å². The fourth-order valence-electron chi connectivity index (χ4n) is 1.98. The molecular weight excluding hydrogens is 222 g/mol. The quantitative estimate of drug-likeness (QED) is 0.822. The maximum atomic E-state index is 11.9. The van der Waals surface area contributed by atoms with Gasteiger partial charge in [0.25, 0.3) is 0 Å². The van der Waals surface area contributed by atoms with E-state index in [4.69, 9.17) is 9.84 Å². The topological polar surface area (TPSA) is 66.8 Å². The monoisotopic (exact) mass is 243 g/mol. The average molecular weight is 243 g/mol. The molecule has 1 aliphatic heterocycles. The Bertz CT molecular complexity index is 280. The van der Waals surface area contributed by atoms with Gasteiger partial charge in [0.1, 0.15) is 6.10 Å². The summed E-state index contributed by atoms with van der Waals surface area (Å²) >= 11 is 0. The van der Waals surface area contributed by atoms with Crippen LogP contribution in [0.15, 0.2) is 0 Å². The molecule has 0 saturated carbocycles. The third-order valence-corrected chi connectivity index (χ3v) is 3.15. The Balaban J connectivity index is 2.57. The lowest BCUT2D eigenvalue weighted by molar-refractivity contribution is -0.138. The molecule has 1 aliphatic rings. The number of nitrogens with zero attached hydrogens (tertiary/aromatic N) is 1.